The summed E-state index contributed by atoms with van der Waals surface area (Å²) in [4.78, 5) is 15.6. The Kier molecular flexibility index (Phi) is 8.36. The lowest BCUT2D eigenvalue weighted by Crippen LogP contribution is -2.01. The van der Waals surface area contributed by atoms with Crippen LogP contribution in [0.5, 0.6) is 0 Å². The van der Waals surface area contributed by atoms with E-state index in [1.807, 2.05) is 17.4 Å². The fourth-order valence-corrected chi connectivity index (χ4v) is 10.2. The molecule has 12 aromatic rings. The smallest absolute Gasteiger partial charge is 0.164 e. The highest BCUT2D eigenvalue weighted by molar-refractivity contribution is 7.26. The van der Waals surface area contributed by atoms with E-state index in [9.17, 15) is 0 Å². The molecule has 10 aromatic carbocycles. The van der Waals surface area contributed by atoms with Gasteiger partial charge in [-0.25, -0.2) is 15.0 Å². The van der Waals surface area contributed by atoms with E-state index in [4.69, 9.17) is 15.0 Å². The fourth-order valence-electron chi connectivity index (χ4n) is 8.99. The first-order valence-electron chi connectivity index (χ1n) is 20.6. The highest BCUT2D eigenvalue weighted by Gasteiger charge is 2.18. The van der Waals surface area contributed by atoms with Gasteiger partial charge in [0, 0.05) is 36.9 Å². The minimum Gasteiger partial charge on any atom is -0.208 e. The third kappa shape index (κ3) is 6.07. The number of thiophene rings is 1. The summed E-state index contributed by atoms with van der Waals surface area (Å²) in [5.41, 5.74) is 9.76. The van der Waals surface area contributed by atoms with E-state index < -0.39 is 0 Å². The number of hydrogen-bond donors (Lipinski definition) is 0. The molecule has 0 unspecified atom stereocenters. The van der Waals surface area contributed by atoms with E-state index in [-0.39, 0.29) is 0 Å². The maximum absolute atomic E-state index is 5.22. The molecular weight excluding hydrogens is 759 g/mol. The maximum atomic E-state index is 5.22. The van der Waals surface area contributed by atoms with Gasteiger partial charge in [0.2, 0.25) is 0 Å². The summed E-state index contributed by atoms with van der Waals surface area (Å²) in [6.45, 7) is 0. The summed E-state index contributed by atoms with van der Waals surface area (Å²) in [7, 11) is 0. The lowest BCUT2D eigenvalue weighted by Gasteiger charge is -2.15. The van der Waals surface area contributed by atoms with Gasteiger partial charge in [-0.15, -0.1) is 11.3 Å². The molecule has 0 amide bonds. The van der Waals surface area contributed by atoms with Crippen molar-refractivity contribution in [2.45, 2.75) is 0 Å². The van der Waals surface area contributed by atoms with Crippen molar-refractivity contribution in [3.05, 3.63) is 212 Å². The first-order chi connectivity index (χ1) is 30.2. The quantitative estimate of drug-likeness (QED) is 0.124. The standard InChI is InChI=1S/C57H35N3S/c1-2-13-36(14-3-1)43-17-8-9-21-50(43)57-59-55(40-29-25-38(26-30-40)46-22-12-23-49-47-20-10-11-24-52(47)61-54(46)49)58-56(60-57)41-31-27-39(28-32-41)53-45-19-7-5-16-42(45)35-51-44-18-6-4-15-37(44)33-34-48(51)53/h1-35H. The Bertz CT molecular complexity index is 3630. The van der Waals surface area contributed by atoms with Crippen molar-refractivity contribution in [3.63, 3.8) is 0 Å². The molecule has 2 aromatic heterocycles. The molecule has 0 aliphatic rings. The Morgan fingerprint density at radius 3 is 1.59 bits per heavy atom. The van der Waals surface area contributed by atoms with Crippen molar-refractivity contribution in [1.82, 2.24) is 15.0 Å². The summed E-state index contributed by atoms with van der Waals surface area (Å²) in [5, 5.41) is 10.0. The van der Waals surface area contributed by atoms with E-state index >= 15 is 0 Å². The molecule has 61 heavy (non-hydrogen) atoms. The second kappa shape index (κ2) is 14.5. The second-order valence-electron chi connectivity index (χ2n) is 15.5. The van der Waals surface area contributed by atoms with Crippen LogP contribution < -0.4 is 0 Å². The van der Waals surface area contributed by atoms with Crippen molar-refractivity contribution in [1.29, 1.82) is 0 Å². The molecule has 284 valence electrons. The van der Waals surface area contributed by atoms with Crippen LogP contribution >= 0.6 is 11.3 Å². The van der Waals surface area contributed by atoms with E-state index in [0.717, 1.165) is 38.9 Å². The minimum absolute atomic E-state index is 0.627. The van der Waals surface area contributed by atoms with E-state index in [1.165, 1.54) is 63.6 Å². The van der Waals surface area contributed by atoms with Crippen LogP contribution in [0.1, 0.15) is 0 Å². The number of benzene rings is 10. The molecule has 0 atom stereocenters. The molecule has 0 spiro atoms. The predicted octanol–water partition coefficient (Wildman–Crippen LogP) is 15.7. The fraction of sp³-hybridized carbons (Fsp3) is 0. The van der Waals surface area contributed by atoms with Crippen molar-refractivity contribution in [2.75, 3.05) is 0 Å². The van der Waals surface area contributed by atoms with Gasteiger partial charge in [-0.05, 0) is 77.8 Å². The summed E-state index contributed by atoms with van der Waals surface area (Å²) in [5.74, 6) is 1.89. The van der Waals surface area contributed by atoms with Crippen LogP contribution in [0, 0.1) is 0 Å². The molecule has 0 aliphatic carbocycles. The molecule has 0 aliphatic heterocycles. The Hall–Kier alpha value is -7.79. The van der Waals surface area contributed by atoms with Gasteiger partial charge in [0.15, 0.2) is 17.5 Å². The molecule has 2 heterocycles. The average molecular weight is 794 g/mol. The summed E-state index contributed by atoms with van der Waals surface area (Å²) in [6.07, 6.45) is 0. The Balaban J connectivity index is 0.995. The summed E-state index contributed by atoms with van der Waals surface area (Å²) >= 11 is 1.85. The first-order valence-corrected chi connectivity index (χ1v) is 21.4. The van der Waals surface area contributed by atoms with Crippen molar-refractivity contribution < 1.29 is 0 Å². The lowest BCUT2D eigenvalue weighted by molar-refractivity contribution is 1.07. The predicted molar refractivity (Wildman–Crippen MR) is 258 cm³/mol. The van der Waals surface area contributed by atoms with E-state index in [0.29, 0.717) is 17.5 Å². The van der Waals surface area contributed by atoms with Crippen LogP contribution in [-0.4, -0.2) is 15.0 Å². The Morgan fingerprint density at radius 1 is 0.279 bits per heavy atom. The SMILES string of the molecule is c1ccc(-c2ccccc2-c2nc(-c3ccc(-c4c5ccccc5cc5c4ccc4ccccc45)cc3)nc(-c3ccc(-c4cccc5c4sc4ccccc45)cc3)n2)cc1. The molecule has 0 fully saturated rings. The largest absolute Gasteiger partial charge is 0.208 e. The van der Waals surface area contributed by atoms with Crippen molar-refractivity contribution in [2.24, 2.45) is 0 Å². The van der Waals surface area contributed by atoms with Crippen LogP contribution in [0.3, 0.4) is 0 Å². The molecule has 0 bridgehead atoms. The zero-order valence-corrected chi connectivity index (χ0v) is 33.8. The van der Waals surface area contributed by atoms with Gasteiger partial charge in [0.05, 0.1) is 0 Å². The molecular formula is C57H35N3S. The Labute approximate surface area is 356 Å². The number of hydrogen-bond acceptors (Lipinski definition) is 4. The molecule has 0 N–H and O–H groups in total. The zero-order chi connectivity index (χ0) is 40.3. The zero-order valence-electron chi connectivity index (χ0n) is 33.0. The molecule has 0 saturated carbocycles. The number of rotatable bonds is 6. The summed E-state index contributed by atoms with van der Waals surface area (Å²) < 4.78 is 2.60. The topological polar surface area (TPSA) is 38.7 Å². The molecule has 0 radical (unpaired) electrons. The van der Waals surface area contributed by atoms with Gasteiger partial charge in [-0.1, -0.05) is 200 Å². The number of nitrogens with zero attached hydrogens (tertiary/aromatic N) is 3. The minimum atomic E-state index is 0.627. The van der Waals surface area contributed by atoms with Crippen LogP contribution in [0.2, 0.25) is 0 Å². The average Bonchev–Trinajstić information content (AvgIpc) is 3.73. The highest BCUT2D eigenvalue weighted by Crippen LogP contribution is 2.42. The lowest BCUT2D eigenvalue weighted by atomic mass is 9.89. The van der Waals surface area contributed by atoms with Crippen molar-refractivity contribution >= 4 is 63.8 Å². The third-order valence-corrected chi connectivity index (χ3v) is 13.2. The normalized spacial score (nSPS) is 11.6. The van der Waals surface area contributed by atoms with Gasteiger partial charge < -0.3 is 0 Å². The number of aromatic nitrogens is 3. The number of fused-ring (bicyclic) bond motifs is 7. The van der Waals surface area contributed by atoms with Crippen molar-refractivity contribution in [3.8, 4) is 67.5 Å². The van der Waals surface area contributed by atoms with Crippen LogP contribution in [-0.2, 0) is 0 Å². The first kappa shape index (κ1) is 35.2. The van der Waals surface area contributed by atoms with Gasteiger partial charge >= 0.3 is 0 Å². The molecule has 3 nitrogen and oxygen atoms in total. The van der Waals surface area contributed by atoms with Crippen LogP contribution in [0.25, 0.3) is 120 Å². The van der Waals surface area contributed by atoms with Gasteiger partial charge in [-0.3, -0.25) is 0 Å². The van der Waals surface area contributed by atoms with Crippen LogP contribution in [0.15, 0.2) is 212 Å². The monoisotopic (exact) mass is 793 g/mol. The van der Waals surface area contributed by atoms with Crippen LogP contribution in [0.4, 0.5) is 0 Å². The summed E-state index contributed by atoms with van der Waals surface area (Å²) in [6, 6.07) is 75.7. The van der Waals surface area contributed by atoms with Gasteiger partial charge in [0.25, 0.3) is 0 Å². The maximum Gasteiger partial charge on any atom is 0.164 e. The highest BCUT2D eigenvalue weighted by atomic mass is 32.1. The molecule has 0 saturated heterocycles. The van der Waals surface area contributed by atoms with E-state index in [1.54, 1.807) is 0 Å². The van der Waals surface area contributed by atoms with Gasteiger partial charge in [0.1, 0.15) is 0 Å². The third-order valence-electron chi connectivity index (χ3n) is 11.9. The Morgan fingerprint density at radius 2 is 0.820 bits per heavy atom. The second-order valence-corrected chi connectivity index (χ2v) is 16.6. The molecule has 4 heteroatoms. The van der Waals surface area contributed by atoms with E-state index in [2.05, 4.69) is 206 Å². The molecule has 12 rings (SSSR count). The van der Waals surface area contributed by atoms with Gasteiger partial charge in [-0.2, -0.15) is 0 Å².